The Balaban J connectivity index is 1.83. The lowest BCUT2D eigenvalue weighted by molar-refractivity contribution is -0.261. The second-order valence-electron chi connectivity index (χ2n) is 9.02. The van der Waals surface area contributed by atoms with Gasteiger partial charge in [-0.15, -0.1) is 0 Å². The highest BCUT2D eigenvalue weighted by atomic mass is 31.2. The molecule has 1 aliphatic rings. The van der Waals surface area contributed by atoms with Gasteiger partial charge in [0.05, 0.1) is 19.4 Å². The summed E-state index contributed by atoms with van der Waals surface area (Å²) < 4.78 is 47.4. The molecule has 0 bridgehead atoms. The van der Waals surface area contributed by atoms with Crippen molar-refractivity contribution in [2.24, 2.45) is 5.73 Å². The third kappa shape index (κ3) is 9.56. The summed E-state index contributed by atoms with van der Waals surface area (Å²) in [6.45, 7) is 3.59. The van der Waals surface area contributed by atoms with Gasteiger partial charge < -0.3 is 33.7 Å². The largest absolute Gasteiger partial charge is 0.457 e. The topological polar surface area (TPSA) is 150 Å². The van der Waals surface area contributed by atoms with Crippen LogP contribution in [0.15, 0.2) is 60.7 Å². The van der Waals surface area contributed by atoms with E-state index in [4.69, 9.17) is 33.7 Å². The molecule has 0 aromatic heterocycles. The van der Waals surface area contributed by atoms with Gasteiger partial charge in [-0.2, -0.15) is 0 Å². The number of hydrogen-bond acceptors (Lipinski definition) is 11. The van der Waals surface area contributed by atoms with Crippen molar-refractivity contribution in [3.05, 3.63) is 71.8 Å². The molecule has 0 unspecified atom stereocenters. The van der Waals surface area contributed by atoms with E-state index in [9.17, 15) is 18.9 Å². The van der Waals surface area contributed by atoms with Gasteiger partial charge >= 0.3 is 25.5 Å². The summed E-state index contributed by atoms with van der Waals surface area (Å²) in [6.07, 6.45) is -4.85. The summed E-state index contributed by atoms with van der Waals surface area (Å²) in [5.41, 5.74) is 7.77. The van der Waals surface area contributed by atoms with E-state index in [2.05, 4.69) is 0 Å². The number of rotatable bonds is 12. The smallest absolute Gasteiger partial charge is 0.331 e. The number of esters is 3. The maximum Gasteiger partial charge on any atom is 0.331 e. The standard InChI is InChI=1S/C27H34NO10P/c1-18(29)35-25-23(38-27(37-20(3)31)24(28)26(25)36-19(2)30)14-15-39(32,33-16-21-10-6-4-7-11-21)34-17-22-12-8-5-9-13-22/h4-13,23-27H,14-17,28H2,1-3H3/t23-,24+,25-,26-,27+/m1/s1. The van der Waals surface area contributed by atoms with E-state index in [0.29, 0.717) is 0 Å². The molecule has 0 aliphatic carbocycles. The fraction of sp³-hybridized carbons (Fsp3) is 0.444. The third-order valence-electron chi connectivity index (χ3n) is 5.81. The van der Waals surface area contributed by atoms with Gasteiger partial charge in [0.25, 0.3) is 0 Å². The van der Waals surface area contributed by atoms with Gasteiger partial charge in [0, 0.05) is 20.8 Å². The van der Waals surface area contributed by atoms with E-state index >= 15 is 0 Å². The fourth-order valence-electron chi connectivity index (χ4n) is 4.05. The van der Waals surface area contributed by atoms with E-state index < -0.39 is 56.1 Å². The van der Waals surface area contributed by atoms with Crippen LogP contribution in [0.1, 0.15) is 38.3 Å². The van der Waals surface area contributed by atoms with Crippen LogP contribution < -0.4 is 5.73 Å². The molecule has 2 aromatic carbocycles. The quantitative estimate of drug-likeness (QED) is 0.230. The van der Waals surface area contributed by atoms with Crippen LogP contribution in [-0.4, -0.2) is 54.7 Å². The Kier molecular flexibility index (Phi) is 11.2. The highest BCUT2D eigenvalue weighted by Gasteiger charge is 2.50. The minimum absolute atomic E-state index is 0.0267. The minimum atomic E-state index is -3.75. The molecule has 5 atom stereocenters. The zero-order valence-corrected chi connectivity index (χ0v) is 23.0. The van der Waals surface area contributed by atoms with Gasteiger partial charge in [-0.05, 0) is 17.5 Å². The zero-order valence-electron chi connectivity index (χ0n) is 22.1. The number of nitrogens with two attached hydrogens (primary N) is 1. The summed E-state index contributed by atoms with van der Waals surface area (Å²) in [5.74, 6) is -2.03. The summed E-state index contributed by atoms with van der Waals surface area (Å²) in [7, 11) is -3.75. The average Bonchev–Trinajstić information content (AvgIpc) is 2.90. The highest BCUT2D eigenvalue weighted by Crippen LogP contribution is 2.51. The SMILES string of the molecule is CC(=O)O[C@H]1O[C@H](CCP(=O)(OCc2ccccc2)OCc2ccccc2)[C@@H](OC(C)=O)[C@H](OC(C)=O)[C@@H]1N. The fourth-order valence-corrected chi connectivity index (χ4v) is 5.64. The lowest BCUT2D eigenvalue weighted by atomic mass is 9.95. The molecule has 2 N–H and O–H groups in total. The first-order valence-electron chi connectivity index (χ1n) is 12.4. The summed E-state index contributed by atoms with van der Waals surface area (Å²) in [6, 6.07) is 17.2. The van der Waals surface area contributed by atoms with Crippen molar-refractivity contribution in [3.63, 3.8) is 0 Å². The molecule has 1 fully saturated rings. The normalized spacial score (nSPS) is 23.0. The maximum absolute atomic E-state index is 13.9. The van der Waals surface area contributed by atoms with Gasteiger partial charge in [-0.3, -0.25) is 18.9 Å². The second-order valence-corrected chi connectivity index (χ2v) is 11.2. The molecule has 12 heteroatoms. The van der Waals surface area contributed by atoms with Crippen molar-refractivity contribution in [1.82, 2.24) is 0 Å². The predicted molar refractivity (Wildman–Crippen MR) is 139 cm³/mol. The molecule has 11 nitrogen and oxygen atoms in total. The van der Waals surface area contributed by atoms with Crippen molar-refractivity contribution in [3.8, 4) is 0 Å². The lowest BCUT2D eigenvalue weighted by Crippen LogP contribution is -2.64. The van der Waals surface area contributed by atoms with Crippen molar-refractivity contribution >= 4 is 25.5 Å². The van der Waals surface area contributed by atoms with E-state index in [-0.39, 0.29) is 25.8 Å². The first kappa shape index (κ1) is 30.5. The second kappa shape index (κ2) is 14.3. The minimum Gasteiger partial charge on any atom is -0.457 e. The lowest BCUT2D eigenvalue weighted by Gasteiger charge is -2.43. The van der Waals surface area contributed by atoms with E-state index in [0.717, 1.165) is 11.1 Å². The van der Waals surface area contributed by atoms with E-state index in [1.54, 1.807) is 0 Å². The summed E-state index contributed by atoms with van der Waals surface area (Å²) in [5, 5.41) is 0. The van der Waals surface area contributed by atoms with Gasteiger partial charge in [0.1, 0.15) is 12.1 Å². The Morgan fingerprint density at radius 2 is 1.23 bits per heavy atom. The molecule has 39 heavy (non-hydrogen) atoms. The molecule has 212 valence electrons. The molecule has 0 saturated carbocycles. The van der Waals surface area contributed by atoms with Gasteiger partial charge in [-0.1, -0.05) is 60.7 Å². The van der Waals surface area contributed by atoms with Crippen LogP contribution in [0.4, 0.5) is 0 Å². The number of carbonyl (C=O) groups is 3. The van der Waals surface area contributed by atoms with Crippen LogP contribution in [-0.2, 0) is 60.2 Å². The van der Waals surface area contributed by atoms with E-state index in [1.165, 1.54) is 20.8 Å². The van der Waals surface area contributed by atoms with Crippen LogP contribution >= 0.6 is 7.60 Å². The summed E-state index contributed by atoms with van der Waals surface area (Å²) in [4.78, 5) is 35.4. The third-order valence-corrected chi connectivity index (χ3v) is 7.66. The molecule has 1 heterocycles. The summed E-state index contributed by atoms with van der Waals surface area (Å²) >= 11 is 0. The maximum atomic E-state index is 13.9. The van der Waals surface area contributed by atoms with Crippen molar-refractivity contribution in [1.29, 1.82) is 0 Å². The van der Waals surface area contributed by atoms with Crippen LogP contribution in [0.2, 0.25) is 0 Å². The number of carbonyl (C=O) groups excluding carboxylic acids is 3. The predicted octanol–water partition coefficient (Wildman–Crippen LogP) is 3.48. The molecule has 1 aliphatic heterocycles. The Morgan fingerprint density at radius 1 is 0.769 bits per heavy atom. The molecule has 2 aromatic rings. The van der Waals surface area contributed by atoms with Crippen LogP contribution in [0, 0.1) is 0 Å². The van der Waals surface area contributed by atoms with Gasteiger partial charge in [-0.25, -0.2) is 0 Å². The Labute approximate surface area is 227 Å². The number of ether oxygens (including phenoxy) is 4. The Bertz CT molecular complexity index is 1100. The number of hydrogen-bond donors (Lipinski definition) is 1. The van der Waals surface area contributed by atoms with Crippen molar-refractivity contribution in [2.45, 2.75) is 71.0 Å². The monoisotopic (exact) mass is 563 g/mol. The van der Waals surface area contributed by atoms with Gasteiger partial charge in [0.2, 0.25) is 6.29 Å². The van der Waals surface area contributed by atoms with Crippen LogP contribution in [0.25, 0.3) is 0 Å². The highest BCUT2D eigenvalue weighted by molar-refractivity contribution is 7.53. The first-order valence-corrected chi connectivity index (χ1v) is 14.2. The number of benzene rings is 2. The van der Waals surface area contributed by atoms with Crippen molar-refractivity contribution in [2.75, 3.05) is 6.16 Å². The molecule has 3 rings (SSSR count). The zero-order chi connectivity index (χ0) is 28.4. The molecule has 0 spiro atoms. The Morgan fingerprint density at radius 3 is 1.69 bits per heavy atom. The first-order chi connectivity index (χ1) is 18.6. The molecular weight excluding hydrogens is 529 g/mol. The van der Waals surface area contributed by atoms with Crippen LogP contribution in [0.5, 0.6) is 0 Å². The van der Waals surface area contributed by atoms with Crippen molar-refractivity contribution < 1.29 is 46.9 Å². The Hall–Kier alpha value is -3.08. The molecule has 0 radical (unpaired) electrons. The average molecular weight is 564 g/mol. The molecule has 0 amide bonds. The van der Waals surface area contributed by atoms with Gasteiger partial charge in [0.15, 0.2) is 12.2 Å². The van der Waals surface area contributed by atoms with Crippen LogP contribution in [0.3, 0.4) is 0 Å². The molecular formula is C27H34NO10P. The van der Waals surface area contributed by atoms with E-state index in [1.807, 2.05) is 60.7 Å². The molecule has 1 saturated heterocycles.